The summed E-state index contributed by atoms with van der Waals surface area (Å²) in [6, 6.07) is 0. The Morgan fingerprint density at radius 2 is 2.27 bits per heavy atom. The Morgan fingerprint density at radius 3 is 2.64 bits per heavy atom. The van der Waals surface area contributed by atoms with Gasteiger partial charge in [0.05, 0.1) is 5.71 Å². The van der Waals surface area contributed by atoms with Crippen LogP contribution in [0.2, 0.25) is 0 Å². The van der Waals surface area contributed by atoms with Gasteiger partial charge in [-0.25, -0.2) is 4.79 Å². The summed E-state index contributed by atoms with van der Waals surface area (Å²) in [5.41, 5.74) is 0.806. The van der Waals surface area contributed by atoms with Crippen LogP contribution < -0.4 is 0 Å². The SMILES string of the molecule is CC1OC(=O)N=C1CN(C)C. The average Bonchev–Trinajstić information content (AvgIpc) is 2.09. The number of hydrogen-bond acceptors (Lipinski definition) is 3. The lowest BCUT2D eigenvalue weighted by Gasteiger charge is -2.10. The minimum absolute atomic E-state index is 0.148. The van der Waals surface area contributed by atoms with Crippen LogP contribution in [0.1, 0.15) is 6.92 Å². The molecule has 1 rings (SSSR count). The van der Waals surface area contributed by atoms with Gasteiger partial charge in [-0.15, -0.1) is 0 Å². The number of rotatable bonds is 2. The second-order valence-electron chi connectivity index (χ2n) is 2.87. The molecule has 1 aliphatic heterocycles. The molecule has 0 N–H and O–H groups in total. The highest BCUT2D eigenvalue weighted by molar-refractivity contribution is 6.02. The molecule has 0 saturated carbocycles. The molecule has 11 heavy (non-hydrogen) atoms. The van der Waals surface area contributed by atoms with E-state index in [1.807, 2.05) is 25.9 Å². The van der Waals surface area contributed by atoms with Crippen LogP contribution in [0, 0.1) is 0 Å². The average molecular weight is 156 g/mol. The van der Waals surface area contributed by atoms with Crippen molar-refractivity contribution in [2.24, 2.45) is 4.99 Å². The first-order valence-electron chi connectivity index (χ1n) is 3.52. The summed E-state index contributed by atoms with van der Waals surface area (Å²) in [5.74, 6) is 0. The van der Waals surface area contributed by atoms with Crippen LogP contribution in [-0.4, -0.2) is 43.4 Å². The standard InChI is InChI=1S/C7H12N2O2/c1-5-6(4-9(2)3)8-7(10)11-5/h5H,4H2,1-3H3. The predicted octanol–water partition coefficient (Wildman–Crippen LogP) is 0.528. The maximum atomic E-state index is 10.6. The molecule has 4 heteroatoms. The first-order valence-corrected chi connectivity index (χ1v) is 3.52. The van der Waals surface area contributed by atoms with Crippen molar-refractivity contribution < 1.29 is 9.53 Å². The summed E-state index contributed by atoms with van der Waals surface area (Å²) in [4.78, 5) is 16.3. The maximum absolute atomic E-state index is 10.6. The van der Waals surface area contributed by atoms with Crippen molar-refractivity contribution in [1.29, 1.82) is 0 Å². The minimum atomic E-state index is -0.464. The summed E-state index contributed by atoms with van der Waals surface area (Å²) in [6.45, 7) is 2.51. The van der Waals surface area contributed by atoms with Gasteiger partial charge in [0, 0.05) is 6.54 Å². The van der Waals surface area contributed by atoms with Gasteiger partial charge in [-0.1, -0.05) is 0 Å². The Hall–Kier alpha value is -0.900. The van der Waals surface area contributed by atoms with E-state index in [1.165, 1.54) is 0 Å². The highest BCUT2D eigenvalue weighted by Gasteiger charge is 2.23. The van der Waals surface area contributed by atoms with E-state index in [1.54, 1.807) is 0 Å². The van der Waals surface area contributed by atoms with Crippen molar-refractivity contribution in [3.8, 4) is 0 Å². The molecule has 0 aromatic rings. The molecule has 4 nitrogen and oxygen atoms in total. The second-order valence-corrected chi connectivity index (χ2v) is 2.87. The van der Waals surface area contributed by atoms with Crippen LogP contribution in [-0.2, 0) is 4.74 Å². The number of nitrogens with zero attached hydrogens (tertiary/aromatic N) is 2. The van der Waals surface area contributed by atoms with Crippen LogP contribution in [0.25, 0.3) is 0 Å². The van der Waals surface area contributed by atoms with Gasteiger partial charge in [-0.2, -0.15) is 4.99 Å². The third-order valence-corrected chi connectivity index (χ3v) is 1.46. The lowest BCUT2D eigenvalue weighted by Crippen LogP contribution is -2.27. The lowest BCUT2D eigenvalue weighted by atomic mass is 10.2. The maximum Gasteiger partial charge on any atom is 0.434 e. The molecule has 0 aromatic carbocycles. The van der Waals surface area contributed by atoms with E-state index in [0.29, 0.717) is 6.54 Å². The van der Waals surface area contributed by atoms with E-state index < -0.39 is 6.09 Å². The van der Waals surface area contributed by atoms with Crippen LogP contribution >= 0.6 is 0 Å². The van der Waals surface area contributed by atoms with Crippen LogP contribution in [0.3, 0.4) is 0 Å². The number of aliphatic imine (C=N–C) groups is 1. The van der Waals surface area contributed by atoms with Gasteiger partial charge in [0.1, 0.15) is 6.10 Å². The zero-order valence-corrected chi connectivity index (χ0v) is 7.00. The molecular weight excluding hydrogens is 144 g/mol. The third-order valence-electron chi connectivity index (χ3n) is 1.46. The van der Waals surface area contributed by atoms with Gasteiger partial charge in [0.25, 0.3) is 0 Å². The van der Waals surface area contributed by atoms with E-state index in [0.717, 1.165) is 5.71 Å². The normalized spacial score (nSPS) is 23.8. The Morgan fingerprint density at radius 1 is 1.64 bits per heavy atom. The molecule has 0 bridgehead atoms. The molecule has 0 aliphatic carbocycles. The van der Waals surface area contributed by atoms with Gasteiger partial charge >= 0.3 is 6.09 Å². The van der Waals surface area contributed by atoms with Crippen molar-refractivity contribution in [1.82, 2.24) is 4.90 Å². The molecular formula is C7H12N2O2. The molecule has 1 aliphatic rings. The fraction of sp³-hybridized carbons (Fsp3) is 0.714. The van der Waals surface area contributed by atoms with Crippen LogP contribution in [0.4, 0.5) is 4.79 Å². The fourth-order valence-corrected chi connectivity index (χ4v) is 0.942. The number of carbonyl (C=O) groups excluding carboxylic acids is 1. The first kappa shape index (κ1) is 8.20. The lowest BCUT2D eigenvalue weighted by molar-refractivity contribution is 0.154. The monoisotopic (exact) mass is 156 g/mol. The number of carbonyl (C=O) groups is 1. The summed E-state index contributed by atoms with van der Waals surface area (Å²) < 4.78 is 4.81. The van der Waals surface area contributed by atoms with Gasteiger partial charge < -0.3 is 9.64 Å². The molecule has 1 atom stereocenters. The van der Waals surface area contributed by atoms with Crippen molar-refractivity contribution in [2.45, 2.75) is 13.0 Å². The first-order chi connectivity index (χ1) is 5.09. The van der Waals surface area contributed by atoms with Crippen molar-refractivity contribution >= 4 is 11.8 Å². The van der Waals surface area contributed by atoms with Crippen LogP contribution in [0.5, 0.6) is 0 Å². The van der Waals surface area contributed by atoms with E-state index in [-0.39, 0.29) is 6.10 Å². The number of hydrogen-bond donors (Lipinski definition) is 0. The van der Waals surface area contributed by atoms with E-state index in [9.17, 15) is 4.79 Å². The molecule has 62 valence electrons. The summed E-state index contributed by atoms with van der Waals surface area (Å²) in [7, 11) is 3.86. The molecule has 1 unspecified atom stereocenters. The summed E-state index contributed by atoms with van der Waals surface area (Å²) in [5, 5.41) is 0. The van der Waals surface area contributed by atoms with E-state index >= 15 is 0 Å². The second kappa shape index (κ2) is 3.00. The molecule has 0 spiro atoms. The highest BCUT2D eigenvalue weighted by atomic mass is 16.6. The highest BCUT2D eigenvalue weighted by Crippen LogP contribution is 2.07. The zero-order chi connectivity index (χ0) is 8.43. The summed E-state index contributed by atoms with van der Waals surface area (Å²) >= 11 is 0. The smallest absolute Gasteiger partial charge is 0.434 e. The van der Waals surface area contributed by atoms with E-state index in [4.69, 9.17) is 4.74 Å². The number of cyclic esters (lactones) is 1. The molecule has 1 heterocycles. The fourth-order valence-electron chi connectivity index (χ4n) is 0.942. The quantitative estimate of drug-likeness (QED) is 0.585. The molecule has 0 saturated heterocycles. The Balaban J connectivity index is 2.57. The summed E-state index contributed by atoms with van der Waals surface area (Å²) in [6.07, 6.45) is -0.612. The largest absolute Gasteiger partial charge is 0.439 e. The van der Waals surface area contributed by atoms with Crippen molar-refractivity contribution in [2.75, 3.05) is 20.6 Å². The third kappa shape index (κ3) is 2.01. The molecule has 1 amide bonds. The number of amides is 1. The van der Waals surface area contributed by atoms with Gasteiger partial charge in [-0.05, 0) is 21.0 Å². The van der Waals surface area contributed by atoms with E-state index in [2.05, 4.69) is 4.99 Å². The van der Waals surface area contributed by atoms with Gasteiger partial charge in [0.2, 0.25) is 0 Å². The zero-order valence-electron chi connectivity index (χ0n) is 7.00. The molecule has 0 radical (unpaired) electrons. The van der Waals surface area contributed by atoms with Gasteiger partial charge in [0.15, 0.2) is 0 Å². The molecule has 0 fully saturated rings. The van der Waals surface area contributed by atoms with Crippen LogP contribution in [0.15, 0.2) is 4.99 Å². The van der Waals surface area contributed by atoms with Gasteiger partial charge in [-0.3, -0.25) is 0 Å². The Kier molecular flexibility index (Phi) is 2.24. The number of ether oxygens (including phenoxy) is 1. The topological polar surface area (TPSA) is 41.9 Å². The van der Waals surface area contributed by atoms with Crippen molar-refractivity contribution in [3.63, 3.8) is 0 Å². The minimum Gasteiger partial charge on any atom is -0.439 e. The predicted molar refractivity (Wildman–Crippen MR) is 41.9 cm³/mol. The van der Waals surface area contributed by atoms with Crippen molar-refractivity contribution in [3.05, 3.63) is 0 Å². The molecule has 0 aromatic heterocycles. The Bertz CT molecular complexity index is 199. The Labute approximate surface area is 65.9 Å².